The van der Waals surface area contributed by atoms with Crippen molar-refractivity contribution < 1.29 is 9.53 Å². The van der Waals surface area contributed by atoms with Crippen molar-refractivity contribution in [3.8, 4) is 0 Å². The first-order valence-electron chi connectivity index (χ1n) is 5.51. The van der Waals surface area contributed by atoms with Crippen LogP contribution in [0.3, 0.4) is 0 Å². The molecule has 1 heterocycles. The van der Waals surface area contributed by atoms with Crippen LogP contribution >= 0.6 is 11.3 Å². The van der Waals surface area contributed by atoms with Gasteiger partial charge in [-0.25, -0.2) is 0 Å². The molecule has 0 N–H and O–H groups in total. The summed E-state index contributed by atoms with van der Waals surface area (Å²) < 4.78 is 4.83. The van der Waals surface area contributed by atoms with Crippen LogP contribution in [-0.4, -0.2) is 12.6 Å². The van der Waals surface area contributed by atoms with E-state index in [0.717, 1.165) is 4.88 Å². The van der Waals surface area contributed by atoms with Gasteiger partial charge in [-0.05, 0) is 36.7 Å². The molecule has 1 aromatic heterocycles. The van der Waals surface area contributed by atoms with Crippen molar-refractivity contribution in [1.82, 2.24) is 0 Å². The number of esters is 1. The van der Waals surface area contributed by atoms with E-state index >= 15 is 0 Å². The third-order valence-electron chi connectivity index (χ3n) is 2.23. The van der Waals surface area contributed by atoms with Crippen LogP contribution in [0.1, 0.15) is 37.1 Å². The summed E-state index contributed by atoms with van der Waals surface area (Å²) in [7, 11) is 0. The normalized spacial score (nSPS) is 11.6. The van der Waals surface area contributed by atoms with E-state index in [2.05, 4.69) is 10.0 Å². The highest BCUT2D eigenvalue weighted by molar-refractivity contribution is 7.10. The molecular weight excluding hydrogens is 238 g/mol. The van der Waals surface area contributed by atoms with Crippen molar-refractivity contribution in [2.75, 3.05) is 6.61 Å². The zero-order valence-corrected chi connectivity index (χ0v) is 10.5. The molecule has 0 saturated heterocycles. The Morgan fingerprint density at radius 1 is 1.71 bits per heavy atom. The Bertz CT molecular complexity index is 385. The fraction of sp³-hybridized carbons (Fsp3) is 0.545. The van der Waals surface area contributed by atoms with Crippen LogP contribution in [0.25, 0.3) is 10.4 Å². The minimum atomic E-state index is -0.196. The van der Waals surface area contributed by atoms with Crippen molar-refractivity contribution in [3.05, 3.63) is 32.8 Å². The van der Waals surface area contributed by atoms with E-state index in [1.165, 1.54) is 0 Å². The van der Waals surface area contributed by atoms with Crippen LogP contribution in [-0.2, 0) is 9.53 Å². The lowest BCUT2D eigenvalue weighted by molar-refractivity contribution is -0.143. The number of hydrogen-bond donors (Lipinski definition) is 0. The zero-order chi connectivity index (χ0) is 12.5. The molecule has 0 aliphatic rings. The first kappa shape index (κ1) is 13.5. The molecule has 0 spiro atoms. The quantitative estimate of drug-likeness (QED) is 0.320. The number of carbonyl (C=O) groups excluding carboxylic acids is 1. The van der Waals surface area contributed by atoms with Gasteiger partial charge in [-0.15, -0.1) is 11.3 Å². The lowest BCUT2D eigenvalue weighted by Crippen LogP contribution is -2.04. The monoisotopic (exact) mass is 253 g/mol. The third-order valence-corrected chi connectivity index (χ3v) is 3.20. The first-order chi connectivity index (χ1) is 8.27. The molecule has 0 saturated carbocycles. The Morgan fingerprint density at radius 3 is 3.12 bits per heavy atom. The number of ether oxygens (including phenoxy) is 1. The maximum absolute atomic E-state index is 11.1. The highest BCUT2D eigenvalue weighted by atomic mass is 32.1. The summed E-state index contributed by atoms with van der Waals surface area (Å²) in [5.74, 6) is -0.196. The van der Waals surface area contributed by atoms with Crippen molar-refractivity contribution in [2.45, 2.75) is 32.2 Å². The first-order valence-corrected chi connectivity index (χ1v) is 6.39. The van der Waals surface area contributed by atoms with Crippen molar-refractivity contribution in [1.29, 1.82) is 0 Å². The van der Waals surface area contributed by atoms with E-state index in [9.17, 15) is 4.79 Å². The van der Waals surface area contributed by atoms with E-state index in [1.54, 1.807) is 18.3 Å². The van der Waals surface area contributed by atoms with Crippen LogP contribution in [0, 0.1) is 0 Å². The molecule has 1 atom stereocenters. The summed E-state index contributed by atoms with van der Waals surface area (Å²) in [6.45, 7) is 2.19. The second-order valence-corrected chi connectivity index (χ2v) is 4.41. The van der Waals surface area contributed by atoms with E-state index in [-0.39, 0.29) is 12.0 Å². The van der Waals surface area contributed by atoms with Gasteiger partial charge >= 0.3 is 5.97 Å². The van der Waals surface area contributed by atoms with Gasteiger partial charge in [-0.2, -0.15) is 0 Å². The van der Waals surface area contributed by atoms with Crippen molar-refractivity contribution in [2.24, 2.45) is 5.11 Å². The van der Waals surface area contributed by atoms with E-state index in [1.807, 2.05) is 17.5 Å². The maximum atomic E-state index is 11.1. The molecule has 6 heteroatoms. The Balaban J connectivity index is 2.41. The second kappa shape index (κ2) is 7.70. The minimum absolute atomic E-state index is 0.172. The number of azide groups is 1. The van der Waals surface area contributed by atoms with Gasteiger partial charge in [0.1, 0.15) is 0 Å². The fourth-order valence-electron chi connectivity index (χ4n) is 1.47. The summed E-state index contributed by atoms with van der Waals surface area (Å²) in [5, 5.41) is 5.69. The van der Waals surface area contributed by atoms with Gasteiger partial charge in [0.2, 0.25) is 0 Å². The maximum Gasteiger partial charge on any atom is 0.305 e. The summed E-state index contributed by atoms with van der Waals surface area (Å²) in [6.07, 6.45) is 1.71. The number of nitrogens with zero attached hydrogens (tertiary/aromatic N) is 3. The smallest absolute Gasteiger partial charge is 0.305 e. The SMILES string of the molecule is CCOC(=O)CCCC(N=[N+]=[N-])c1cccs1. The highest BCUT2D eigenvalue weighted by Crippen LogP contribution is 2.27. The van der Waals surface area contributed by atoms with Gasteiger partial charge in [-0.3, -0.25) is 4.79 Å². The second-order valence-electron chi connectivity index (χ2n) is 3.43. The van der Waals surface area contributed by atoms with Crippen LogP contribution in [0.5, 0.6) is 0 Å². The standard InChI is InChI=1S/C11H15N3O2S/c1-2-16-11(15)7-3-5-9(13-14-12)10-6-4-8-17-10/h4,6,8-9H,2-3,5,7H2,1H3. The summed E-state index contributed by atoms with van der Waals surface area (Å²) >= 11 is 1.56. The Kier molecular flexibility index (Phi) is 6.14. The Morgan fingerprint density at radius 2 is 2.53 bits per heavy atom. The van der Waals surface area contributed by atoms with Gasteiger partial charge < -0.3 is 4.74 Å². The molecule has 0 aliphatic carbocycles. The molecule has 5 nitrogen and oxygen atoms in total. The molecule has 0 bridgehead atoms. The summed E-state index contributed by atoms with van der Waals surface area (Å²) in [6, 6.07) is 3.69. The molecule has 0 fully saturated rings. The predicted octanol–water partition coefficient (Wildman–Crippen LogP) is 3.83. The number of carbonyl (C=O) groups is 1. The minimum Gasteiger partial charge on any atom is -0.466 e. The van der Waals surface area contributed by atoms with Crippen LogP contribution < -0.4 is 0 Å². The molecule has 92 valence electrons. The lowest BCUT2D eigenvalue weighted by atomic mass is 10.1. The molecule has 0 amide bonds. The van der Waals surface area contributed by atoms with E-state index in [4.69, 9.17) is 10.3 Å². The third kappa shape index (κ3) is 4.89. The molecule has 1 aromatic rings. The fourth-order valence-corrected chi connectivity index (χ4v) is 2.27. The van der Waals surface area contributed by atoms with Crippen LogP contribution in [0.4, 0.5) is 0 Å². The summed E-state index contributed by atoms with van der Waals surface area (Å²) in [4.78, 5) is 15.0. The predicted molar refractivity (Wildman–Crippen MR) is 66.7 cm³/mol. The average molecular weight is 253 g/mol. The molecular formula is C11H15N3O2S. The number of rotatable bonds is 7. The molecule has 0 aromatic carbocycles. The molecule has 0 radical (unpaired) electrons. The lowest BCUT2D eigenvalue weighted by Gasteiger charge is -2.08. The van der Waals surface area contributed by atoms with Gasteiger partial charge in [0.25, 0.3) is 0 Å². The van der Waals surface area contributed by atoms with Crippen molar-refractivity contribution >= 4 is 17.3 Å². The Labute approximate surface area is 104 Å². The van der Waals surface area contributed by atoms with Gasteiger partial charge in [0.05, 0.1) is 12.6 Å². The van der Waals surface area contributed by atoms with E-state index < -0.39 is 0 Å². The molecule has 1 rings (SSSR count). The van der Waals surface area contributed by atoms with Gasteiger partial charge in [0, 0.05) is 16.2 Å². The molecule has 17 heavy (non-hydrogen) atoms. The van der Waals surface area contributed by atoms with Gasteiger partial charge in [-0.1, -0.05) is 11.2 Å². The molecule has 0 aliphatic heterocycles. The Hall–Kier alpha value is -1.52. The largest absolute Gasteiger partial charge is 0.466 e. The van der Waals surface area contributed by atoms with E-state index in [0.29, 0.717) is 25.9 Å². The number of hydrogen-bond acceptors (Lipinski definition) is 4. The molecule has 1 unspecified atom stereocenters. The average Bonchev–Trinajstić information content (AvgIpc) is 2.81. The highest BCUT2D eigenvalue weighted by Gasteiger charge is 2.11. The topological polar surface area (TPSA) is 75.1 Å². The summed E-state index contributed by atoms with van der Waals surface area (Å²) in [5.41, 5.74) is 8.50. The van der Waals surface area contributed by atoms with Gasteiger partial charge in [0.15, 0.2) is 0 Å². The van der Waals surface area contributed by atoms with Crippen molar-refractivity contribution in [3.63, 3.8) is 0 Å². The zero-order valence-electron chi connectivity index (χ0n) is 9.70. The van der Waals surface area contributed by atoms with Crippen LogP contribution in [0.15, 0.2) is 22.6 Å². The van der Waals surface area contributed by atoms with Crippen LogP contribution in [0.2, 0.25) is 0 Å². The number of thiophene rings is 1.